The van der Waals surface area contributed by atoms with Crippen molar-refractivity contribution in [2.75, 3.05) is 6.61 Å². The minimum atomic E-state index is -0.710. The first-order chi connectivity index (χ1) is 5.72. The third-order valence-electron chi connectivity index (χ3n) is 2.28. The third kappa shape index (κ3) is 2.70. The Morgan fingerprint density at radius 2 is 2.33 bits per heavy atom. The van der Waals surface area contributed by atoms with Gasteiger partial charge in [-0.15, -0.1) is 0 Å². The van der Waals surface area contributed by atoms with Gasteiger partial charge in [-0.05, 0) is 31.6 Å². The largest absolute Gasteiger partial charge is 0.446 e. The Kier molecular flexibility index (Phi) is 3.34. The van der Waals surface area contributed by atoms with Gasteiger partial charge in [-0.25, -0.2) is 4.79 Å². The summed E-state index contributed by atoms with van der Waals surface area (Å²) in [5.41, 5.74) is 4.89. The number of nitrogens with two attached hydrogens (primary N) is 1. The fourth-order valence-corrected chi connectivity index (χ4v) is 1.68. The first-order valence-corrected chi connectivity index (χ1v) is 4.29. The summed E-state index contributed by atoms with van der Waals surface area (Å²) >= 11 is 0. The maximum absolute atomic E-state index is 10.4. The SMILES string of the molecule is NC(=O)O[C@@H]1CCC[C@@H](CO)C1. The molecule has 1 aliphatic rings. The summed E-state index contributed by atoms with van der Waals surface area (Å²) in [6.07, 6.45) is 2.86. The summed E-state index contributed by atoms with van der Waals surface area (Å²) in [6, 6.07) is 0. The molecule has 1 fully saturated rings. The average Bonchev–Trinajstić information content (AvgIpc) is 2.03. The molecule has 3 N–H and O–H groups in total. The van der Waals surface area contributed by atoms with Gasteiger partial charge in [0.1, 0.15) is 6.10 Å². The van der Waals surface area contributed by atoms with Crippen LogP contribution in [0, 0.1) is 5.92 Å². The number of aliphatic hydroxyl groups is 1. The Morgan fingerprint density at radius 3 is 2.92 bits per heavy atom. The molecule has 0 bridgehead atoms. The maximum atomic E-state index is 10.4. The van der Waals surface area contributed by atoms with Gasteiger partial charge in [0.25, 0.3) is 0 Å². The van der Waals surface area contributed by atoms with E-state index >= 15 is 0 Å². The van der Waals surface area contributed by atoms with Crippen molar-refractivity contribution in [3.63, 3.8) is 0 Å². The monoisotopic (exact) mass is 173 g/mol. The van der Waals surface area contributed by atoms with E-state index in [1.807, 2.05) is 0 Å². The van der Waals surface area contributed by atoms with Gasteiger partial charge in [0.2, 0.25) is 0 Å². The lowest BCUT2D eigenvalue weighted by Gasteiger charge is -2.26. The summed E-state index contributed by atoms with van der Waals surface area (Å²) in [4.78, 5) is 10.4. The number of carbonyl (C=O) groups is 1. The van der Waals surface area contributed by atoms with E-state index in [0.717, 1.165) is 25.7 Å². The van der Waals surface area contributed by atoms with Crippen molar-refractivity contribution < 1.29 is 14.6 Å². The summed E-state index contributed by atoms with van der Waals surface area (Å²) in [5.74, 6) is 0.281. The summed E-state index contributed by atoms with van der Waals surface area (Å²) in [6.45, 7) is 0.179. The molecule has 70 valence electrons. The molecule has 2 atom stereocenters. The number of primary amides is 1. The molecule has 0 aromatic carbocycles. The number of amides is 1. The molecule has 1 saturated carbocycles. The highest BCUT2D eigenvalue weighted by Gasteiger charge is 2.23. The zero-order valence-corrected chi connectivity index (χ0v) is 7.03. The standard InChI is InChI=1S/C8H15NO3/c9-8(11)12-7-3-1-2-6(4-7)5-10/h6-7,10H,1-5H2,(H2,9,11)/t6-,7-/m1/s1. The fraction of sp³-hybridized carbons (Fsp3) is 0.875. The van der Waals surface area contributed by atoms with Crippen LogP contribution in [-0.4, -0.2) is 23.9 Å². The summed E-state index contributed by atoms with van der Waals surface area (Å²) in [7, 11) is 0. The van der Waals surface area contributed by atoms with Gasteiger partial charge in [-0.1, -0.05) is 0 Å². The van der Waals surface area contributed by atoms with Crippen molar-refractivity contribution in [1.29, 1.82) is 0 Å². The van der Waals surface area contributed by atoms with E-state index in [1.54, 1.807) is 0 Å². The van der Waals surface area contributed by atoms with Crippen molar-refractivity contribution >= 4 is 6.09 Å². The molecule has 0 heterocycles. The van der Waals surface area contributed by atoms with E-state index < -0.39 is 6.09 Å². The molecule has 12 heavy (non-hydrogen) atoms. The van der Waals surface area contributed by atoms with Crippen LogP contribution in [0.15, 0.2) is 0 Å². The van der Waals surface area contributed by atoms with E-state index in [9.17, 15) is 4.79 Å². The van der Waals surface area contributed by atoms with Gasteiger partial charge in [0.05, 0.1) is 0 Å². The second kappa shape index (κ2) is 4.30. The summed E-state index contributed by atoms with van der Waals surface area (Å²) < 4.78 is 4.85. The molecule has 4 heteroatoms. The Morgan fingerprint density at radius 1 is 1.58 bits per heavy atom. The van der Waals surface area contributed by atoms with Crippen LogP contribution in [0.1, 0.15) is 25.7 Å². The normalized spacial score (nSPS) is 29.8. The highest BCUT2D eigenvalue weighted by atomic mass is 16.6. The van der Waals surface area contributed by atoms with Crippen molar-refractivity contribution in [2.24, 2.45) is 11.7 Å². The Bertz CT molecular complexity index is 160. The number of aliphatic hydroxyl groups excluding tert-OH is 1. The van der Waals surface area contributed by atoms with E-state index in [0.29, 0.717) is 0 Å². The summed E-state index contributed by atoms with van der Waals surface area (Å²) in [5, 5.41) is 8.87. The van der Waals surface area contributed by atoms with Crippen LogP contribution >= 0.6 is 0 Å². The molecule has 0 radical (unpaired) electrons. The van der Waals surface area contributed by atoms with Crippen LogP contribution in [0.3, 0.4) is 0 Å². The molecule has 1 aliphatic carbocycles. The maximum Gasteiger partial charge on any atom is 0.404 e. The molecule has 0 aromatic heterocycles. The van der Waals surface area contributed by atoms with Gasteiger partial charge < -0.3 is 15.6 Å². The molecule has 1 rings (SSSR count). The zero-order valence-electron chi connectivity index (χ0n) is 7.03. The number of carbonyl (C=O) groups excluding carboxylic acids is 1. The van der Waals surface area contributed by atoms with Crippen LogP contribution in [0.4, 0.5) is 4.79 Å². The minimum Gasteiger partial charge on any atom is -0.446 e. The first kappa shape index (κ1) is 9.32. The van der Waals surface area contributed by atoms with E-state index in [1.165, 1.54) is 0 Å². The molecule has 1 amide bonds. The van der Waals surface area contributed by atoms with Gasteiger partial charge in [0.15, 0.2) is 0 Å². The van der Waals surface area contributed by atoms with Gasteiger partial charge >= 0.3 is 6.09 Å². The van der Waals surface area contributed by atoms with Crippen molar-refractivity contribution in [2.45, 2.75) is 31.8 Å². The van der Waals surface area contributed by atoms with Gasteiger partial charge in [0, 0.05) is 6.61 Å². The highest BCUT2D eigenvalue weighted by molar-refractivity contribution is 5.64. The molecule has 0 spiro atoms. The topological polar surface area (TPSA) is 72.6 Å². The lowest BCUT2D eigenvalue weighted by atomic mass is 9.88. The fourth-order valence-electron chi connectivity index (χ4n) is 1.68. The molecule has 4 nitrogen and oxygen atoms in total. The van der Waals surface area contributed by atoms with Crippen LogP contribution in [0.2, 0.25) is 0 Å². The van der Waals surface area contributed by atoms with Crippen LogP contribution in [-0.2, 0) is 4.74 Å². The second-order valence-corrected chi connectivity index (χ2v) is 3.27. The first-order valence-electron chi connectivity index (χ1n) is 4.29. The lowest BCUT2D eigenvalue weighted by Crippen LogP contribution is -2.29. The van der Waals surface area contributed by atoms with Crippen LogP contribution in [0.5, 0.6) is 0 Å². The average molecular weight is 173 g/mol. The molecule has 0 aliphatic heterocycles. The molecular weight excluding hydrogens is 158 g/mol. The molecular formula is C8H15NO3. The van der Waals surface area contributed by atoms with E-state index in [-0.39, 0.29) is 18.6 Å². The van der Waals surface area contributed by atoms with Gasteiger partial charge in [-0.2, -0.15) is 0 Å². The molecule has 0 unspecified atom stereocenters. The minimum absolute atomic E-state index is 0.0756. The van der Waals surface area contributed by atoms with E-state index in [2.05, 4.69) is 0 Å². The Balaban J connectivity index is 2.30. The lowest BCUT2D eigenvalue weighted by molar-refractivity contribution is 0.0517. The number of hydrogen-bond donors (Lipinski definition) is 2. The number of ether oxygens (including phenoxy) is 1. The van der Waals surface area contributed by atoms with Crippen molar-refractivity contribution in [3.05, 3.63) is 0 Å². The predicted octanol–water partition coefficient (Wildman–Crippen LogP) is 0.633. The smallest absolute Gasteiger partial charge is 0.404 e. The number of rotatable bonds is 2. The van der Waals surface area contributed by atoms with Crippen molar-refractivity contribution in [1.82, 2.24) is 0 Å². The van der Waals surface area contributed by atoms with Crippen LogP contribution in [0.25, 0.3) is 0 Å². The Hall–Kier alpha value is -0.770. The van der Waals surface area contributed by atoms with Crippen LogP contribution < -0.4 is 5.73 Å². The Labute approximate surface area is 71.7 Å². The predicted molar refractivity (Wildman–Crippen MR) is 43.5 cm³/mol. The third-order valence-corrected chi connectivity index (χ3v) is 2.28. The number of hydrogen-bond acceptors (Lipinski definition) is 3. The zero-order chi connectivity index (χ0) is 8.97. The van der Waals surface area contributed by atoms with Crippen molar-refractivity contribution in [3.8, 4) is 0 Å². The molecule has 0 saturated heterocycles. The van der Waals surface area contributed by atoms with Gasteiger partial charge in [-0.3, -0.25) is 0 Å². The molecule has 0 aromatic rings. The quantitative estimate of drug-likeness (QED) is 0.643. The highest BCUT2D eigenvalue weighted by Crippen LogP contribution is 2.25. The van der Waals surface area contributed by atoms with E-state index in [4.69, 9.17) is 15.6 Å². The second-order valence-electron chi connectivity index (χ2n) is 3.27.